The Morgan fingerprint density at radius 3 is 2.21 bits per heavy atom. The fourth-order valence-electron chi connectivity index (χ4n) is 3.49. The Morgan fingerprint density at radius 1 is 1.12 bits per heavy atom. The Hall–Kier alpha value is -1.40. The van der Waals surface area contributed by atoms with Gasteiger partial charge in [0.05, 0.1) is 16.8 Å². The minimum atomic E-state index is -3.59. The number of aryl methyl sites for hydroxylation is 1. The molecule has 1 fully saturated rings. The van der Waals surface area contributed by atoms with E-state index in [0.717, 1.165) is 11.1 Å². The molecule has 0 bridgehead atoms. The summed E-state index contributed by atoms with van der Waals surface area (Å²) in [4.78, 5) is 0.265. The zero-order chi connectivity index (χ0) is 17.5. The number of hydrogen-bond acceptors (Lipinski definition) is 4. The molecule has 128 valence electrons. The molecule has 4 nitrogen and oxygen atoms in total. The van der Waals surface area contributed by atoms with Crippen LogP contribution in [0, 0.1) is 12.3 Å². The van der Waals surface area contributed by atoms with E-state index in [9.17, 15) is 13.5 Å². The minimum Gasteiger partial charge on any atom is -0.396 e. The van der Waals surface area contributed by atoms with Gasteiger partial charge in [0, 0.05) is 22.9 Å². The number of sulfone groups is 1. The van der Waals surface area contributed by atoms with E-state index in [-0.39, 0.29) is 24.0 Å². The lowest BCUT2D eigenvalue weighted by atomic mass is 10.0. The minimum absolute atomic E-state index is 0.104. The van der Waals surface area contributed by atoms with Crippen molar-refractivity contribution in [1.29, 1.82) is 0 Å². The quantitative estimate of drug-likeness (QED) is 0.853. The number of nitrogens with two attached hydrogens (primary N) is 1. The highest BCUT2D eigenvalue weighted by Crippen LogP contribution is 2.63. The summed E-state index contributed by atoms with van der Waals surface area (Å²) in [7, 11) is -3.59. The molecular formula is C18H20ClNO3S. The van der Waals surface area contributed by atoms with Crippen molar-refractivity contribution in [3.63, 3.8) is 0 Å². The first-order valence-corrected chi connectivity index (χ1v) is 9.66. The van der Waals surface area contributed by atoms with Crippen LogP contribution in [0.25, 0.3) is 0 Å². The van der Waals surface area contributed by atoms with Crippen molar-refractivity contribution < 1.29 is 13.5 Å². The highest BCUT2D eigenvalue weighted by Gasteiger charge is 2.70. The molecule has 3 rings (SSSR count). The standard InChI is InChI=1S/C18H20ClNO3S/c1-12-2-8-15(9-3-12)24(22,23)17-16(18(17,10-20)11-21)13-4-6-14(19)7-5-13/h2-9,16-17,21H,10-11,20H2,1H3/t16-,17-,18+/m1/s1. The van der Waals surface area contributed by atoms with E-state index in [4.69, 9.17) is 17.3 Å². The lowest BCUT2D eigenvalue weighted by molar-refractivity contribution is 0.212. The lowest BCUT2D eigenvalue weighted by Crippen LogP contribution is -2.27. The highest BCUT2D eigenvalue weighted by molar-refractivity contribution is 7.92. The summed E-state index contributed by atoms with van der Waals surface area (Å²) in [6.07, 6.45) is 0. The maximum absolute atomic E-state index is 13.1. The summed E-state index contributed by atoms with van der Waals surface area (Å²) in [6.45, 7) is 1.74. The predicted octanol–water partition coefficient (Wildman–Crippen LogP) is 2.53. The Kier molecular flexibility index (Phi) is 4.47. The van der Waals surface area contributed by atoms with Gasteiger partial charge in [-0.25, -0.2) is 8.42 Å². The van der Waals surface area contributed by atoms with E-state index >= 15 is 0 Å². The van der Waals surface area contributed by atoms with E-state index < -0.39 is 20.5 Å². The van der Waals surface area contributed by atoms with Crippen molar-refractivity contribution in [2.45, 2.75) is 23.0 Å². The molecule has 0 saturated heterocycles. The van der Waals surface area contributed by atoms with Crippen LogP contribution in [0.1, 0.15) is 17.0 Å². The molecule has 0 unspecified atom stereocenters. The van der Waals surface area contributed by atoms with Crippen molar-refractivity contribution in [2.75, 3.05) is 13.2 Å². The van der Waals surface area contributed by atoms with E-state index in [2.05, 4.69) is 0 Å². The van der Waals surface area contributed by atoms with Gasteiger partial charge in [-0.2, -0.15) is 0 Å². The summed E-state index contributed by atoms with van der Waals surface area (Å²) in [5.74, 6) is -0.337. The topological polar surface area (TPSA) is 80.4 Å². The Balaban J connectivity index is 2.04. The summed E-state index contributed by atoms with van der Waals surface area (Å²) >= 11 is 5.92. The molecule has 0 aliphatic heterocycles. The molecular weight excluding hydrogens is 346 g/mol. The van der Waals surface area contributed by atoms with Crippen molar-refractivity contribution in [1.82, 2.24) is 0 Å². The molecule has 1 saturated carbocycles. The van der Waals surface area contributed by atoms with Crippen LogP contribution in [0.5, 0.6) is 0 Å². The second kappa shape index (κ2) is 6.15. The smallest absolute Gasteiger partial charge is 0.182 e. The van der Waals surface area contributed by atoms with Crippen LogP contribution in [0.4, 0.5) is 0 Å². The molecule has 0 amide bonds. The number of hydrogen-bond donors (Lipinski definition) is 2. The van der Waals surface area contributed by atoms with Crippen LogP contribution >= 0.6 is 11.6 Å². The maximum Gasteiger partial charge on any atom is 0.182 e. The van der Waals surface area contributed by atoms with Gasteiger partial charge < -0.3 is 10.8 Å². The molecule has 2 aromatic rings. The Labute approximate surface area is 147 Å². The predicted molar refractivity (Wildman–Crippen MR) is 94.9 cm³/mol. The van der Waals surface area contributed by atoms with Gasteiger partial charge in [0.25, 0.3) is 0 Å². The van der Waals surface area contributed by atoms with Gasteiger partial charge in [0.15, 0.2) is 9.84 Å². The molecule has 0 spiro atoms. The van der Waals surface area contributed by atoms with Crippen molar-refractivity contribution in [2.24, 2.45) is 11.1 Å². The summed E-state index contributed by atoms with van der Waals surface area (Å²) in [5.41, 5.74) is 6.85. The molecule has 0 radical (unpaired) electrons. The molecule has 0 heterocycles. The van der Waals surface area contributed by atoms with Crippen LogP contribution < -0.4 is 5.73 Å². The second-order valence-electron chi connectivity index (χ2n) is 6.40. The van der Waals surface area contributed by atoms with Crippen LogP contribution in [0.3, 0.4) is 0 Å². The molecule has 3 atom stereocenters. The third-order valence-corrected chi connectivity index (χ3v) is 7.56. The molecule has 2 aromatic carbocycles. The number of aliphatic hydroxyl groups is 1. The van der Waals surface area contributed by atoms with Crippen molar-refractivity contribution >= 4 is 21.4 Å². The lowest BCUT2D eigenvalue weighted by Gasteiger charge is -2.12. The van der Waals surface area contributed by atoms with Crippen LogP contribution in [0.15, 0.2) is 53.4 Å². The zero-order valence-corrected chi connectivity index (χ0v) is 14.9. The molecule has 6 heteroatoms. The molecule has 1 aliphatic carbocycles. The largest absolute Gasteiger partial charge is 0.396 e. The van der Waals surface area contributed by atoms with Crippen LogP contribution in [-0.4, -0.2) is 31.9 Å². The van der Waals surface area contributed by atoms with Crippen LogP contribution in [-0.2, 0) is 9.84 Å². The van der Waals surface area contributed by atoms with Crippen LogP contribution in [0.2, 0.25) is 5.02 Å². The van der Waals surface area contributed by atoms with E-state index in [1.807, 2.05) is 6.92 Å². The van der Waals surface area contributed by atoms with Gasteiger partial charge >= 0.3 is 0 Å². The number of rotatable bonds is 5. The van der Waals surface area contributed by atoms with E-state index in [1.165, 1.54) is 0 Å². The second-order valence-corrected chi connectivity index (χ2v) is 8.91. The number of benzene rings is 2. The SMILES string of the molecule is Cc1ccc(S(=O)(=O)[C@@H]2[C@@H](c3ccc(Cl)cc3)[C@]2(CN)CO)cc1. The molecule has 0 aromatic heterocycles. The third-order valence-electron chi connectivity index (χ3n) is 4.97. The fraction of sp³-hybridized carbons (Fsp3) is 0.333. The van der Waals surface area contributed by atoms with E-state index in [1.54, 1.807) is 48.5 Å². The number of halogens is 1. The van der Waals surface area contributed by atoms with Crippen molar-refractivity contribution in [3.8, 4) is 0 Å². The van der Waals surface area contributed by atoms with Gasteiger partial charge in [0.2, 0.25) is 0 Å². The van der Waals surface area contributed by atoms with Gasteiger partial charge in [-0.05, 0) is 36.8 Å². The first kappa shape index (κ1) is 17.4. The van der Waals surface area contributed by atoms with Gasteiger partial charge in [-0.3, -0.25) is 0 Å². The third kappa shape index (κ3) is 2.65. The summed E-state index contributed by atoms with van der Waals surface area (Å²) in [6, 6.07) is 13.8. The molecule has 1 aliphatic rings. The Bertz CT molecular complexity index is 828. The van der Waals surface area contributed by atoms with E-state index in [0.29, 0.717) is 5.02 Å². The summed E-state index contributed by atoms with van der Waals surface area (Å²) in [5, 5.41) is 9.75. The van der Waals surface area contributed by atoms with Crippen molar-refractivity contribution in [3.05, 3.63) is 64.7 Å². The average Bonchev–Trinajstić information content (AvgIpc) is 3.26. The highest BCUT2D eigenvalue weighted by atomic mass is 35.5. The maximum atomic E-state index is 13.1. The molecule has 24 heavy (non-hydrogen) atoms. The normalized spacial score (nSPS) is 26.3. The fourth-order valence-corrected chi connectivity index (χ4v) is 6.07. The first-order valence-electron chi connectivity index (χ1n) is 7.74. The van der Waals surface area contributed by atoms with Gasteiger partial charge in [0.1, 0.15) is 0 Å². The van der Waals surface area contributed by atoms with Gasteiger partial charge in [-0.1, -0.05) is 41.4 Å². The number of aliphatic hydroxyl groups excluding tert-OH is 1. The Morgan fingerprint density at radius 2 is 1.71 bits per heavy atom. The summed E-state index contributed by atoms with van der Waals surface area (Å²) < 4.78 is 26.2. The first-order chi connectivity index (χ1) is 11.4. The zero-order valence-electron chi connectivity index (χ0n) is 13.3. The van der Waals surface area contributed by atoms with Gasteiger partial charge in [-0.15, -0.1) is 0 Å². The molecule has 3 N–H and O–H groups in total. The average molecular weight is 366 g/mol. The monoisotopic (exact) mass is 365 g/mol.